The Balaban J connectivity index is 1.88. The van der Waals surface area contributed by atoms with Gasteiger partial charge in [0.25, 0.3) is 0 Å². The number of carbonyl (C=O) groups is 1. The van der Waals surface area contributed by atoms with E-state index in [9.17, 15) is 4.79 Å². The van der Waals surface area contributed by atoms with E-state index in [-0.39, 0.29) is 11.7 Å². The number of hydrogen-bond acceptors (Lipinski definition) is 5. The molecule has 7 heteroatoms. The second-order valence-electron chi connectivity index (χ2n) is 6.04. The summed E-state index contributed by atoms with van der Waals surface area (Å²) in [6.07, 6.45) is 3.35. The number of hydrogen-bond donors (Lipinski definition) is 2. The number of pyridine rings is 1. The number of nitrogens with zero attached hydrogens (tertiary/aromatic N) is 1. The summed E-state index contributed by atoms with van der Waals surface area (Å²) < 4.78 is 11.3. The Bertz CT molecular complexity index is 832. The zero-order valence-corrected chi connectivity index (χ0v) is 16.8. The van der Waals surface area contributed by atoms with Crippen molar-refractivity contribution in [3.05, 3.63) is 53.3 Å². The highest BCUT2D eigenvalue weighted by Gasteiger charge is 2.14. The van der Waals surface area contributed by atoms with Crippen molar-refractivity contribution in [2.75, 3.05) is 24.3 Å². The maximum Gasteiger partial charge on any atom is 0.234 e. The highest BCUT2D eigenvalue weighted by molar-refractivity contribution is 7.81. The Hall–Kier alpha value is -2.20. The molecule has 0 aliphatic heterocycles. The number of ether oxygens (including phenoxy) is 2. The summed E-state index contributed by atoms with van der Waals surface area (Å²) in [5, 5.41) is 3.09. The average molecular weight is 405 g/mol. The largest absolute Gasteiger partial charge is 0.491 e. The van der Waals surface area contributed by atoms with Crippen LogP contribution in [-0.4, -0.2) is 35.5 Å². The lowest BCUT2D eigenvalue weighted by molar-refractivity contribution is -0.113. The standard InChI is InChI=1S/C20H21ClN2O3S/c1-20(2,26-12-11-25-16-6-9-22-10-7-16)8-5-15-3-4-18(17(21)13-15)23-19(24)14-27/h3-4,6-7,9-10,13,27H,11-12,14H2,1-2H3,(H,23,24). The molecule has 1 N–H and O–H groups in total. The van der Waals surface area contributed by atoms with Crippen LogP contribution in [0.4, 0.5) is 5.69 Å². The summed E-state index contributed by atoms with van der Waals surface area (Å²) in [6.45, 7) is 4.59. The van der Waals surface area contributed by atoms with Crippen LogP contribution in [0.25, 0.3) is 0 Å². The van der Waals surface area contributed by atoms with Crippen LogP contribution in [0.3, 0.4) is 0 Å². The predicted molar refractivity (Wildman–Crippen MR) is 111 cm³/mol. The lowest BCUT2D eigenvalue weighted by Crippen LogP contribution is -2.25. The van der Waals surface area contributed by atoms with Gasteiger partial charge in [0.1, 0.15) is 18.0 Å². The molecule has 5 nitrogen and oxygen atoms in total. The number of nitrogens with one attached hydrogen (secondary N) is 1. The van der Waals surface area contributed by atoms with Crippen LogP contribution < -0.4 is 10.1 Å². The van der Waals surface area contributed by atoms with Crippen LogP contribution >= 0.6 is 24.2 Å². The van der Waals surface area contributed by atoms with Gasteiger partial charge in [0.2, 0.25) is 5.91 Å². The summed E-state index contributed by atoms with van der Waals surface area (Å²) in [7, 11) is 0. The first kappa shape index (κ1) is 21.1. The molecule has 0 bridgehead atoms. The lowest BCUT2D eigenvalue weighted by Gasteiger charge is -2.19. The number of benzene rings is 1. The van der Waals surface area contributed by atoms with Gasteiger partial charge in [-0.05, 0) is 44.2 Å². The first-order valence-corrected chi connectivity index (χ1v) is 9.31. The summed E-state index contributed by atoms with van der Waals surface area (Å²) in [4.78, 5) is 15.3. The van der Waals surface area contributed by atoms with E-state index in [1.165, 1.54) is 0 Å². The van der Waals surface area contributed by atoms with Crippen LogP contribution in [0.5, 0.6) is 5.75 Å². The van der Waals surface area contributed by atoms with Crippen molar-refractivity contribution in [1.82, 2.24) is 4.98 Å². The molecule has 1 amide bonds. The van der Waals surface area contributed by atoms with Crippen LogP contribution in [0.15, 0.2) is 42.7 Å². The van der Waals surface area contributed by atoms with E-state index in [2.05, 4.69) is 34.8 Å². The minimum Gasteiger partial charge on any atom is -0.491 e. The number of carbonyl (C=O) groups excluding carboxylic acids is 1. The monoisotopic (exact) mass is 404 g/mol. The number of aromatic nitrogens is 1. The molecule has 0 spiro atoms. The molecule has 2 aromatic rings. The number of anilines is 1. The first-order valence-electron chi connectivity index (χ1n) is 8.30. The zero-order valence-electron chi connectivity index (χ0n) is 15.2. The maximum absolute atomic E-state index is 11.4. The molecule has 27 heavy (non-hydrogen) atoms. The van der Waals surface area contributed by atoms with Crippen molar-refractivity contribution in [2.45, 2.75) is 19.4 Å². The van der Waals surface area contributed by atoms with E-state index in [1.807, 2.05) is 13.8 Å². The Kier molecular flexibility index (Phi) is 7.99. The summed E-state index contributed by atoms with van der Waals surface area (Å²) >= 11 is 10.1. The molecule has 0 saturated carbocycles. The van der Waals surface area contributed by atoms with Gasteiger partial charge in [-0.25, -0.2) is 0 Å². The van der Waals surface area contributed by atoms with Crippen molar-refractivity contribution in [2.24, 2.45) is 0 Å². The van der Waals surface area contributed by atoms with Crippen molar-refractivity contribution >= 4 is 35.8 Å². The van der Waals surface area contributed by atoms with Gasteiger partial charge in [0, 0.05) is 18.0 Å². The minimum atomic E-state index is -0.646. The number of amides is 1. The van der Waals surface area contributed by atoms with Gasteiger partial charge in [-0.3, -0.25) is 9.78 Å². The lowest BCUT2D eigenvalue weighted by atomic mass is 10.1. The summed E-state index contributed by atoms with van der Waals surface area (Å²) in [5.41, 5.74) is 0.617. The summed E-state index contributed by atoms with van der Waals surface area (Å²) in [5.74, 6) is 6.74. The number of thiol groups is 1. The predicted octanol–water partition coefficient (Wildman–Crippen LogP) is 3.83. The van der Waals surface area contributed by atoms with Crippen molar-refractivity contribution in [3.8, 4) is 17.6 Å². The van der Waals surface area contributed by atoms with Crippen molar-refractivity contribution < 1.29 is 14.3 Å². The minimum absolute atomic E-state index is 0.0916. The quantitative estimate of drug-likeness (QED) is 0.418. The van der Waals surface area contributed by atoms with E-state index in [0.29, 0.717) is 23.9 Å². The van der Waals surface area contributed by atoms with Gasteiger partial charge < -0.3 is 14.8 Å². The van der Waals surface area contributed by atoms with Gasteiger partial charge in [-0.1, -0.05) is 23.4 Å². The highest BCUT2D eigenvalue weighted by atomic mass is 35.5. The molecule has 1 aromatic carbocycles. The third kappa shape index (κ3) is 7.51. The molecule has 1 aromatic heterocycles. The second kappa shape index (κ2) is 10.2. The van der Waals surface area contributed by atoms with Crippen molar-refractivity contribution in [3.63, 3.8) is 0 Å². The molecule has 0 atom stereocenters. The van der Waals surface area contributed by atoms with Crippen LogP contribution in [0, 0.1) is 11.8 Å². The fourth-order valence-corrected chi connectivity index (χ4v) is 2.34. The van der Waals surface area contributed by atoms with E-state index in [1.54, 1.807) is 42.7 Å². The third-order valence-corrected chi connectivity index (χ3v) is 3.96. The van der Waals surface area contributed by atoms with E-state index < -0.39 is 5.60 Å². The number of rotatable bonds is 7. The van der Waals surface area contributed by atoms with Gasteiger partial charge in [0.05, 0.1) is 23.1 Å². The number of halogens is 1. The molecule has 0 radical (unpaired) electrons. The van der Waals surface area contributed by atoms with Gasteiger partial charge in [0.15, 0.2) is 0 Å². The molecule has 0 fully saturated rings. The normalized spacial score (nSPS) is 10.7. The van der Waals surface area contributed by atoms with Gasteiger partial charge >= 0.3 is 0 Å². The second-order valence-corrected chi connectivity index (χ2v) is 6.76. The Labute approximate surface area is 169 Å². The Morgan fingerprint density at radius 3 is 2.67 bits per heavy atom. The maximum atomic E-state index is 11.4. The van der Waals surface area contributed by atoms with E-state index in [0.717, 1.165) is 11.3 Å². The first-order chi connectivity index (χ1) is 12.9. The smallest absolute Gasteiger partial charge is 0.234 e. The van der Waals surface area contributed by atoms with Crippen LogP contribution in [0.1, 0.15) is 19.4 Å². The Morgan fingerprint density at radius 1 is 1.26 bits per heavy atom. The highest BCUT2D eigenvalue weighted by Crippen LogP contribution is 2.23. The summed E-state index contributed by atoms with van der Waals surface area (Å²) in [6, 6.07) is 8.78. The molecule has 0 aliphatic carbocycles. The van der Waals surface area contributed by atoms with Crippen LogP contribution in [-0.2, 0) is 9.53 Å². The molecular formula is C20H21ClN2O3S. The fraction of sp³-hybridized carbons (Fsp3) is 0.300. The SMILES string of the molecule is CC(C)(C#Cc1ccc(NC(=O)CS)c(Cl)c1)OCCOc1ccncc1. The molecule has 0 unspecified atom stereocenters. The zero-order chi connectivity index (χ0) is 19.7. The fourth-order valence-electron chi connectivity index (χ4n) is 2.03. The van der Waals surface area contributed by atoms with E-state index >= 15 is 0 Å². The van der Waals surface area contributed by atoms with Crippen molar-refractivity contribution in [1.29, 1.82) is 0 Å². The Morgan fingerprint density at radius 2 is 2.00 bits per heavy atom. The van der Waals surface area contributed by atoms with Crippen LogP contribution in [0.2, 0.25) is 5.02 Å². The molecule has 2 rings (SSSR count). The molecule has 142 valence electrons. The topological polar surface area (TPSA) is 60.5 Å². The van der Waals surface area contributed by atoms with E-state index in [4.69, 9.17) is 21.1 Å². The molecule has 1 heterocycles. The molecule has 0 saturated heterocycles. The average Bonchev–Trinajstić information content (AvgIpc) is 2.66. The third-order valence-electron chi connectivity index (χ3n) is 3.36. The van der Waals surface area contributed by atoms with Gasteiger partial charge in [-0.15, -0.1) is 0 Å². The molecule has 0 aliphatic rings. The molecular weight excluding hydrogens is 384 g/mol. The van der Waals surface area contributed by atoms with Gasteiger partial charge in [-0.2, -0.15) is 12.6 Å².